The minimum atomic E-state index is -1.65. The second kappa shape index (κ2) is 5.06. The Morgan fingerprint density at radius 1 is 1.64 bits per heavy atom. The van der Waals surface area contributed by atoms with Crippen LogP contribution in [0.5, 0.6) is 0 Å². The SMILES string of the molecule is CCOC(CO)C(O)C(=O)O. The molecule has 3 N–H and O–H groups in total. The largest absolute Gasteiger partial charge is 0.479 e. The van der Waals surface area contributed by atoms with Gasteiger partial charge in [0.2, 0.25) is 0 Å². The minimum Gasteiger partial charge on any atom is -0.479 e. The third kappa shape index (κ3) is 3.31. The van der Waals surface area contributed by atoms with Crippen LogP contribution in [0.25, 0.3) is 0 Å². The van der Waals surface area contributed by atoms with E-state index in [1.165, 1.54) is 0 Å². The van der Waals surface area contributed by atoms with Gasteiger partial charge in [-0.15, -0.1) is 0 Å². The molecule has 0 radical (unpaired) electrons. The van der Waals surface area contributed by atoms with Gasteiger partial charge in [0.1, 0.15) is 6.10 Å². The first-order valence-corrected chi connectivity index (χ1v) is 3.26. The highest BCUT2D eigenvalue weighted by Crippen LogP contribution is 1.98. The van der Waals surface area contributed by atoms with E-state index in [1.54, 1.807) is 6.92 Å². The van der Waals surface area contributed by atoms with E-state index in [9.17, 15) is 4.79 Å². The van der Waals surface area contributed by atoms with Crippen molar-refractivity contribution < 1.29 is 24.9 Å². The zero-order valence-electron chi connectivity index (χ0n) is 6.23. The fraction of sp³-hybridized carbons (Fsp3) is 0.833. The number of carboxylic acids is 1. The van der Waals surface area contributed by atoms with E-state index < -0.39 is 24.8 Å². The summed E-state index contributed by atoms with van der Waals surface area (Å²) in [6.07, 6.45) is -2.68. The predicted molar refractivity (Wildman–Crippen MR) is 36.1 cm³/mol. The van der Waals surface area contributed by atoms with E-state index in [-0.39, 0.29) is 6.61 Å². The van der Waals surface area contributed by atoms with E-state index >= 15 is 0 Å². The highest BCUT2D eigenvalue weighted by atomic mass is 16.5. The van der Waals surface area contributed by atoms with Crippen LogP contribution in [-0.2, 0) is 9.53 Å². The van der Waals surface area contributed by atoms with Crippen molar-refractivity contribution in [3.63, 3.8) is 0 Å². The standard InChI is InChI=1S/C6H12O5/c1-2-11-4(3-7)5(8)6(9)10/h4-5,7-8H,2-3H2,1H3,(H,9,10). The van der Waals surface area contributed by atoms with Crippen LogP contribution < -0.4 is 0 Å². The highest BCUT2D eigenvalue weighted by Gasteiger charge is 2.24. The van der Waals surface area contributed by atoms with Crippen LogP contribution in [0.1, 0.15) is 6.92 Å². The van der Waals surface area contributed by atoms with Crippen molar-refractivity contribution in [3.05, 3.63) is 0 Å². The number of aliphatic hydroxyl groups is 2. The van der Waals surface area contributed by atoms with E-state index in [0.29, 0.717) is 0 Å². The van der Waals surface area contributed by atoms with E-state index in [1.807, 2.05) is 0 Å². The van der Waals surface area contributed by atoms with Crippen LogP contribution in [0.4, 0.5) is 0 Å². The van der Waals surface area contributed by atoms with Crippen LogP contribution in [0, 0.1) is 0 Å². The smallest absolute Gasteiger partial charge is 0.335 e. The number of aliphatic carboxylic acids is 1. The lowest BCUT2D eigenvalue weighted by Crippen LogP contribution is -2.38. The first kappa shape index (κ1) is 10.3. The van der Waals surface area contributed by atoms with Gasteiger partial charge in [-0.2, -0.15) is 0 Å². The number of hydrogen-bond acceptors (Lipinski definition) is 4. The minimum absolute atomic E-state index is 0.259. The summed E-state index contributed by atoms with van der Waals surface area (Å²) in [6.45, 7) is 1.41. The molecule has 5 nitrogen and oxygen atoms in total. The summed E-state index contributed by atoms with van der Waals surface area (Å²) in [5.74, 6) is -1.39. The highest BCUT2D eigenvalue weighted by molar-refractivity contribution is 5.72. The Balaban J connectivity index is 3.91. The Morgan fingerprint density at radius 2 is 2.18 bits per heavy atom. The summed E-state index contributed by atoms with van der Waals surface area (Å²) in [6, 6.07) is 0. The van der Waals surface area contributed by atoms with Gasteiger partial charge < -0.3 is 20.1 Å². The van der Waals surface area contributed by atoms with Gasteiger partial charge in [0.25, 0.3) is 0 Å². The summed E-state index contributed by atoms with van der Waals surface area (Å²) < 4.78 is 4.73. The Morgan fingerprint density at radius 3 is 2.45 bits per heavy atom. The molecule has 0 aliphatic heterocycles. The molecule has 5 heteroatoms. The van der Waals surface area contributed by atoms with Gasteiger partial charge in [0.15, 0.2) is 6.10 Å². The summed E-state index contributed by atoms with van der Waals surface area (Å²) in [7, 11) is 0. The molecule has 0 saturated heterocycles. The van der Waals surface area contributed by atoms with Crippen molar-refractivity contribution in [1.82, 2.24) is 0 Å². The van der Waals surface area contributed by atoms with E-state index in [2.05, 4.69) is 0 Å². The van der Waals surface area contributed by atoms with Crippen molar-refractivity contribution in [2.45, 2.75) is 19.1 Å². The number of aliphatic hydroxyl groups excluding tert-OH is 2. The first-order valence-electron chi connectivity index (χ1n) is 3.26. The van der Waals surface area contributed by atoms with Crippen LogP contribution in [0.15, 0.2) is 0 Å². The van der Waals surface area contributed by atoms with Crippen molar-refractivity contribution in [2.24, 2.45) is 0 Å². The van der Waals surface area contributed by atoms with Crippen LogP contribution in [-0.4, -0.2) is 46.7 Å². The normalized spacial score (nSPS) is 15.9. The Kier molecular flexibility index (Phi) is 4.76. The maximum atomic E-state index is 10.1. The fourth-order valence-electron chi connectivity index (χ4n) is 0.617. The van der Waals surface area contributed by atoms with Crippen molar-refractivity contribution in [1.29, 1.82) is 0 Å². The van der Waals surface area contributed by atoms with Crippen LogP contribution in [0.3, 0.4) is 0 Å². The molecule has 0 aliphatic carbocycles. The van der Waals surface area contributed by atoms with Crippen molar-refractivity contribution >= 4 is 5.97 Å². The average molecular weight is 164 g/mol. The molecule has 11 heavy (non-hydrogen) atoms. The molecule has 0 amide bonds. The van der Waals surface area contributed by atoms with Gasteiger partial charge in [-0.25, -0.2) is 4.79 Å². The lowest BCUT2D eigenvalue weighted by Gasteiger charge is -2.16. The number of ether oxygens (including phenoxy) is 1. The van der Waals surface area contributed by atoms with Gasteiger partial charge in [0, 0.05) is 6.61 Å². The van der Waals surface area contributed by atoms with Crippen molar-refractivity contribution in [2.75, 3.05) is 13.2 Å². The zero-order valence-corrected chi connectivity index (χ0v) is 6.23. The first-order chi connectivity index (χ1) is 5.13. The lowest BCUT2D eigenvalue weighted by atomic mass is 10.2. The third-order valence-electron chi connectivity index (χ3n) is 1.17. The van der Waals surface area contributed by atoms with Gasteiger partial charge in [-0.3, -0.25) is 0 Å². The van der Waals surface area contributed by atoms with Crippen LogP contribution >= 0.6 is 0 Å². The molecule has 66 valence electrons. The Hall–Kier alpha value is -0.650. The molecule has 2 unspecified atom stereocenters. The molecule has 0 fully saturated rings. The molecule has 0 heterocycles. The summed E-state index contributed by atoms with van der Waals surface area (Å²) >= 11 is 0. The number of hydrogen-bond donors (Lipinski definition) is 3. The second-order valence-corrected chi connectivity index (χ2v) is 1.96. The molecule has 0 aromatic carbocycles. The molecule has 0 rings (SSSR count). The molecular weight excluding hydrogens is 152 g/mol. The summed E-state index contributed by atoms with van der Waals surface area (Å²) in [5.41, 5.74) is 0. The second-order valence-electron chi connectivity index (χ2n) is 1.96. The van der Waals surface area contributed by atoms with Gasteiger partial charge in [-0.1, -0.05) is 0 Å². The van der Waals surface area contributed by atoms with Gasteiger partial charge in [-0.05, 0) is 6.92 Å². The molecule has 0 saturated carbocycles. The number of carbonyl (C=O) groups is 1. The van der Waals surface area contributed by atoms with Gasteiger partial charge in [0.05, 0.1) is 6.61 Å². The molecule has 0 aliphatic rings. The third-order valence-corrected chi connectivity index (χ3v) is 1.17. The average Bonchev–Trinajstić information content (AvgIpc) is 1.98. The summed E-state index contributed by atoms with van der Waals surface area (Å²) in [4.78, 5) is 10.1. The maximum Gasteiger partial charge on any atom is 0.335 e. The van der Waals surface area contributed by atoms with Gasteiger partial charge >= 0.3 is 5.97 Å². The Labute approximate surface area is 64.2 Å². The maximum absolute atomic E-state index is 10.1. The molecule has 2 atom stereocenters. The molecular formula is C6H12O5. The number of carboxylic acid groups (broad SMARTS) is 1. The number of rotatable bonds is 5. The van der Waals surface area contributed by atoms with E-state index in [0.717, 1.165) is 0 Å². The molecule has 0 aromatic rings. The Bertz CT molecular complexity index is 124. The fourth-order valence-corrected chi connectivity index (χ4v) is 0.617. The molecule has 0 bridgehead atoms. The zero-order chi connectivity index (χ0) is 8.85. The molecule has 0 aromatic heterocycles. The topological polar surface area (TPSA) is 87.0 Å². The molecule has 0 spiro atoms. The quantitative estimate of drug-likeness (QED) is 0.476. The monoisotopic (exact) mass is 164 g/mol. The van der Waals surface area contributed by atoms with Crippen LogP contribution in [0.2, 0.25) is 0 Å². The van der Waals surface area contributed by atoms with Crippen molar-refractivity contribution in [3.8, 4) is 0 Å². The predicted octanol–water partition coefficient (Wildman–Crippen LogP) is -1.17. The van der Waals surface area contributed by atoms with E-state index in [4.69, 9.17) is 20.1 Å². The lowest BCUT2D eigenvalue weighted by molar-refractivity contribution is -0.157. The summed E-state index contributed by atoms with van der Waals surface area (Å²) in [5, 5.41) is 25.6.